The first-order chi connectivity index (χ1) is 9.65. The number of hydrogen-bond donors (Lipinski definition) is 1. The number of pyridine rings is 1. The molecule has 2 rings (SSSR count). The second-order valence-electron chi connectivity index (χ2n) is 3.93. The van der Waals surface area contributed by atoms with Gasteiger partial charge >= 0.3 is 6.61 Å². The minimum absolute atomic E-state index is 0.102. The van der Waals surface area contributed by atoms with Gasteiger partial charge in [-0.3, -0.25) is 5.43 Å². The van der Waals surface area contributed by atoms with Gasteiger partial charge < -0.3 is 4.74 Å². The predicted molar refractivity (Wildman–Crippen MR) is 73.1 cm³/mol. The number of aromatic nitrogens is 1. The Bertz CT molecular complexity index is 588. The molecule has 0 aliphatic heterocycles. The Morgan fingerprint density at radius 2 is 2.10 bits per heavy atom. The van der Waals surface area contributed by atoms with Crippen molar-refractivity contribution in [1.29, 1.82) is 0 Å². The van der Waals surface area contributed by atoms with Crippen LogP contribution in [0.1, 0.15) is 12.5 Å². The average Bonchev–Trinajstić information content (AvgIpc) is 2.45. The summed E-state index contributed by atoms with van der Waals surface area (Å²) in [6, 6.07) is 11.8. The van der Waals surface area contributed by atoms with E-state index in [-0.39, 0.29) is 5.75 Å². The fourth-order valence-electron chi connectivity index (χ4n) is 1.53. The van der Waals surface area contributed by atoms with E-state index in [1.807, 2.05) is 6.07 Å². The molecule has 1 heterocycles. The standard InChI is InChI=1S/C14H13F2N3O/c1-10(18-19-13-7-2-3-8-17-13)11-5-4-6-12(9-11)20-14(15)16/h2-9,14H,1H3,(H,17,19)/b18-10-. The molecule has 0 saturated heterocycles. The van der Waals surface area contributed by atoms with Crippen molar-refractivity contribution < 1.29 is 13.5 Å². The number of anilines is 1. The Hall–Kier alpha value is -2.50. The largest absolute Gasteiger partial charge is 0.435 e. The monoisotopic (exact) mass is 277 g/mol. The first kappa shape index (κ1) is 13.9. The van der Waals surface area contributed by atoms with Crippen LogP contribution >= 0.6 is 0 Å². The maximum Gasteiger partial charge on any atom is 0.387 e. The van der Waals surface area contributed by atoms with Crippen LogP contribution in [0.15, 0.2) is 53.8 Å². The third-order valence-electron chi connectivity index (χ3n) is 2.48. The zero-order chi connectivity index (χ0) is 14.4. The number of benzene rings is 1. The number of hydrogen-bond acceptors (Lipinski definition) is 4. The number of hydrazone groups is 1. The van der Waals surface area contributed by atoms with Gasteiger partial charge in [0.05, 0.1) is 5.71 Å². The van der Waals surface area contributed by atoms with E-state index in [1.54, 1.807) is 37.4 Å². The van der Waals surface area contributed by atoms with Gasteiger partial charge in [-0.05, 0) is 31.2 Å². The Balaban J connectivity index is 2.10. The van der Waals surface area contributed by atoms with E-state index >= 15 is 0 Å². The number of alkyl halides is 2. The molecular formula is C14H13F2N3O. The molecule has 6 heteroatoms. The highest BCUT2D eigenvalue weighted by molar-refractivity contribution is 5.99. The van der Waals surface area contributed by atoms with Gasteiger partial charge in [0.15, 0.2) is 0 Å². The van der Waals surface area contributed by atoms with Crippen LogP contribution in [0.4, 0.5) is 14.6 Å². The minimum atomic E-state index is -2.84. The second-order valence-corrected chi connectivity index (χ2v) is 3.93. The second kappa shape index (κ2) is 6.60. The number of rotatable bonds is 5. The van der Waals surface area contributed by atoms with Crippen molar-refractivity contribution in [2.24, 2.45) is 5.10 Å². The van der Waals surface area contributed by atoms with E-state index in [9.17, 15) is 8.78 Å². The molecule has 1 N–H and O–H groups in total. The molecule has 0 fully saturated rings. The lowest BCUT2D eigenvalue weighted by Crippen LogP contribution is -2.04. The van der Waals surface area contributed by atoms with Crippen molar-refractivity contribution in [3.05, 3.63) is 54.2 Å². The first-order valence-corrected chi connectivity index (χ1v) is 5.92. The summed E-state index contributed by atoms with van der Waals surface area (Å²) in [5, 5.41) is 4.15. The molecule has 1 aromatic carbocycles. The third kappa shape index (κ3) is 4.01. The molecule has 104 valence electrons. The van der Waals surface area contributed by atoms with Crippen LogP contribution in [-0.4, -0.2) is 17.3 Å². The van der Waals surface area contributed by atoms with Gasteiger partial charge in [-0.15, -0.1) is 0 Å². The molecule has 0 atom stereocenters. The van der Waals surface area contributed by atoms with Gasteiger partial charge in [0.25, 0.3) is 0 Å². The van der Waals surface area contributed by atoms with E-state index in [0.717, 1.165) is 0 Å². The first-order valence-electron chi connectivity index (χ1n) is 5.92. The molecule has 0 bridgehead atoms. The highest BCUT2D eigenvalue weighted by Gasteiger charge is 2.05. The summed E-state index contributed by atoms with van der Waals surface area (Å²) >= 11 is 0. The summed E-state index contributed by atoms with van der Waals surface area (Å²) in [4.78, 5) is 4.06. The van der Waals surface area contributed by atoms with Crippen LogP contribution in [0.25, 0.3) is 0 Å². The van der Waals surface area contributed by atoms with Crippen LogP contribution in [0, 0.1) is 0 Å². The van der Waals surface area contributed by atoms with Crippen molar-refractivity contribution in [3.8, 4) is 5.75 Å². The normalized spacial score (nSPS) is 11.5. The van der Waals surface area contributed by atoms with E-state index in [2.05, 4.69) is 20.2 Å². The molecule has 0 spiro atoms. The van der Waals surface area contributed by atoms with E-state index in [1.165, 1.54) is 12.1 Å². The van der Waals surface area contributed by atoms with Gasteiger partial charge in [-0.25, -0.2) is 4.98 Å². The predicted octanol–water partition coefficient (Wildman–Crippen LogP) is 3.52. The maximum absolute atomic E-state index is 12.1. The molecule has 0 unspecified atom stereocenters. The van der Waals surface area contributed by atoms with Crippen molar-refractivity contribution in [1.82, 2.24) is 4.98 Å². The van der Waals surface area contributed by atoms with Crippen molar-refractivity contribution >= 4 is 11.5 Å². The number of nitrogens with one attached hydrogen (secondary N) is 1. The van der Waals surface area contributed by atoms with E-state index in [0.29, 0.717) is 17.1 Å². The summed E-state index contributed by atoms with van der Waals surface area (Å²) in [6.45, 7) is -1.08. The minimum Gasteiger partial charge on any atom is -0.435 e. The van der Waals surface area contributed by atoms with Gasteiger partial charge in [0.1, 0.15) is 11.6 Å². The highest BCUT2D eigenvalue weighted by atomic mass is 19.3. The fraction of sp³-hybridized carbons (Fsp3) is 0.143. The Labute approximate surface area is 115 Å². The molecular weight excluding hydrogens is 264 g/mol. The topological polar surface area (TPSA) is 46.5 Å². The summed E-state index contributed by atoms with van der Waals surface area (Å²) in [7, 11) is 0. The SMILES string of the molecule is C/C(=N/Nc1ccccn1)c1cccc(OC(F)F)c1. The number of ether oxygens (including phenoxy) is 1. The summed E-state index contributed by atoms with van der Waals surface area (Å²) < 4.78 is 28.6. The number of nitrogens with zero attached hydrogens (tertiary/aromatic N) is 2. The quantitative estimate of drug-likeness (QED) is 0.672. The zero-order valence-electron chi connectivity index (χ0n) is 10.8. The Morgan fingerprint density at radius 3 is 2.80 bits per heavy atom. The van der Waals surface area contributed by atoms with Gasteiger partial charge in [-0.1, -0.05) is 18.2 Å². The lowest BCUT2D eigenvalue weighted by atomic mass is 10.1. The smallest absolute Gasteiger partial charge is 0.387 e. The summed E-state index contributed by atoms with van der Waals surface area (Å²) in [5.41, 5.74) is 4.11. The van der Waals surface area contributed by atoms with Gasteiger partial charge in [0.2, 0.25) is 0 Å². The molecule has 0 aliphatic carbocycles. The maximum atomic E-state index is 12.1. The summed E-state index contributed by atoms with van der Waals surface area (Å²) in [5.74, 6) is 0.705. The van der Waals surface area contributed by atoms with Crippen LogP contribution < -0.4 is 10.2 Å². The highest BCUT2D eigenvalue weighted by Crippen LogP contribution is 2.16. The van der Waals surface area contributed by atoms with Crippen LogP contribution in [0.5, 0.6) is 5.75 Å². The van der Waals surface area contributed by atoms with Crippen LogP contribution in [0.2, 0.25) is 0 Å². The van der Waals surface area contributed by atoms with Gasteiger partial charge in [-0.2, -0.15) is 13.9 Å². The third-order valence-corrected chi connectivity index (χ3v) is 2.48. The van der Waals surface area contributed by atoms with Crippen LogP contribution in [-0.2, 0) is 0 Å². The number of halogens is 2. The van der Waals surface area contributed by atoms with Crippen molar-refractivity contribution in [2.75, 3.05) is 5.43 Å². The summed E-state index contributed by atoms with van der Waals surface area (Å²) in [6.07, 6.45) is 1.64. The molecule has 4 nitrogen and oxygen atoms in total. The fourth-order valence-corrected chi connectivity index (χ4v) is 1.53. The molecule has 0 aliphatic rings. The molecule has 0 radical (unpaired) electrons. The Kier molecular flexibility index (Phi) is 4.60. The van der Waals surface area contributed by atoms with Gasteiger partial charge in [0, 0.05) is 11.8 Å². The van der Waals surface area contributed by atoms with Crippen molar-refractivity contribution in [2.45, 2.75) is 13.5 Å². The molecule has 20 heavy (non-hydrogen) atoms. The van der Waals surface area contributed by atoms with Crippen LogP contribution in [0.3, 0.4) is 0 Å². The lowest BCUT2D eigenvalue weighted by Gasteiger charge is -2.07. The van der Waals surface area contributed by atoms with E-state index < -0.39 is 6.61 Å². The molecule has 0 saturated carbocycles. The lowest BCUT2D eigenvalue weighted by molar-refractivity contribution is -0.0498. The van der Waals surface area contributed by atoms with Crippen molar-refractivity contribution in [3.63, 3.8) is 0 Å². The molecule has 1 aromatic heterocycles. The molecule has 2 aromatic rings. The zero-order valence-corrected chi connectivity index (χ0v) is 10.8. The van der Waals surface area contributed by atoms with E-state index in [4.69, 9.17) is 0 Å². The average molecular weight is 277 g/mol. The Morgan fingerprint density at radius 1 is 1.25 bits per heavy atom. The molecule has 0 amide bonds.